The number of esters is 2. The number of cyclic esters (lactones) is 2. The van der Waals surface area contributed by atoms with Gasteiger partial charge in [-0.3, -0.25) is 9.59 Å². The van der Waals surface area contributed by atoms with E-state index < -0.39 is 0 Å². The molecule has 0 aromatic rings. The molecule has 0 radical (unpaired) electrons. The van der Waals surface area contributed by atoms with Gasteiger partial charge in [-0.05, 0) is 36.7 Å². The summed E-state index contributed by atoms with van der Waals surface area (Å²) in [5.74, 6) is 5.59. The van der Waals surface area contributed by atoms with E-state index in [4.69, 9.17) is 9.47 Å². The number of ether oxygens (including phenoxy) is 2. The van der Waals surface area contributed by atoms with Crippen molar-refractivity contribution in [3.8, 4) is 0 Å². The highest BCUT2D eigenvalue weighted by Crippen LogP contribution is 2.22. The fourth-order valence-electron chi connectivity index (χ4n) is 2.49. The minimum absolute atomic E-state index is 0.0334. The summed E-state index contributed by atoms with van der Waals surface area (Å²) < 4.78 is 10.0. The Hall–Kier alpha value is -0.360. The molecule has 2 atom stereocenters. The smallest absolute Gasteiger partial charge is 0.306 e. The van der Waals surface area contributed by atoms with Gasteiger partial charge in [0.2, 0.25) is 0 Å². The van der Waals surface area contributed by atoms with Crippen LogP contribution in [-0.4, -0.2) is 48.2 Å². The van der Waals surface area contributed by atoms with Gasteiger partial charge in [0.25, 0.3) is 0 Å². The monoisotopic (exact) mass is 332 g/mol. The molecular weight excluding hydrogens is 308 g/mol. The molecule has 6 heteroatoms. The minimum atomic E-state index is -0.0373. The quantitative estimate of drug-likeness (QED) is 0.478. The lowest BCUT2D eigenvalue weighted by Gasteiger charge is -2.21. The topological polar surface area (TPSA) is 52.6 Å². The first-order valence-electron chi connectivity index (χ1n) is 7.71. The summed E-state index contributed by atoms with van der Waals surface area (Å²) in [7, 11) is 0. The third kappa shape index (κ3) is 6.96. The number of hydrogen-bond acceptors (Lipinski definition) is 6. The molecule has 0 spiro atoms. The van der Waals surface area contributed by atoms with Gasteiger partial charge in [0.1, 0.15) is 0 Å². The first-order chi connectivity index (χ1) is 10.2. The van der Waals surface area contributed by atoms with Crippen LogP contribution in [0.25, 0.3) is 0 Å². The molecule has 120 valence electrons. The van der Waals surface area contributed by atoms with Crippen molar-refractivity contribution in [2.75, 3.05) is 36.2 Å². The predicted molar refractivity (Wildman–Crippen MR) is 86.6 cm³/mol. The molecule has 2 saturated heterocycles. The number of carbonyl (C=O) groups excluding carboxylic acids is 2. The first-order valence-corrected chi connectivity index (χ1v) is 10.0. The predicted octanol–water partition coefficient (Wildman–Crippen LogP) is 2.75. The highest BCUT2D eigenvalue weighted by atomic mass is 32.2. The van der Waals surface area contributed by atoms with Gasteiger partial charge in [0.15, 0.2) is 0 Å². The van der Waals surface area contributed by atoms with E-state index >= 15 is 0 Å². The summed E-state index contributed by atoms with van der Waals surface area (Å²) in [4.78, 5) is 21.9. The van der Waals surface area contributed by atoms with Crippen LogP contribution in [0, 0.1) is 11.8 Å². The number of thioether (sulfide) groups is 2. The normalized spacial score (nSPS) is 25.7. The van der Waals surface area contributed by atoms with Gasteiger partial charge in [-0.15, -0.1) is 0 Å². The van der Waals surface area contributed by atoms with Crippen molar-refractivity contribution >= 4 is 35.5 Å². The van der Waals surface area contributed by atoms with Gasteiger partial charge >= 0.3 is 11.9 Å². The van der Waals surface area contributed by atoms with Crippen LogP contribution in [0.4, 0.5) is 0 Å². The number of hydrogen-bond donors (Lipinski definition) is 0. The van der Waals surface area contributed by atoms with Crippen LogP contribution >= 0.6 is 23.5 Å². The third-order valence-corrected chi connectivity index (χ3v) is 6.18. The van der Waals surface area contributed by atoms with Crippen LogP contribution in [0.1, 0.15) is 32.1 Å². The molecule has 2 unspecified atom stereocenters. The molecule has 0 aliphatic carbocycles. The van der Waals surface area contributed by atoms with Gasteiger partial charge in [-0.1, -0.05) is 0 Å². The Labute approximate surface area is 135 Å². The van der Waals surface area contributed by atoms with E-state index in [0.717, 1.165) is 30.8 Å². The van der Waals surface area contributed by atoms with Crippen LogP contribution in [0.3, 0.4) is 0 Å². The number of carbonyl (C=O) groups is 2. The third-order valence-electron chi connectivity index (χ3n) is 3.88. The Kier molecular flexibility index (Phi) is 7.78. The second-order valence-electron chi connectivity index (χ2n) is 5.64. The van der Waals surface area contributed by atoms with Crippen molar-refractivity contribution in [3.05, 3.63) is 0 Å². The molecule has 0 bridgehead atoms. The largest absolute Gasteiger partial charge is 0.465 e. The van der Waals surface area contributed by atoms with Gasteiger partial charge in [-0.25, -0.2) is 0 Å². The standard InChI is InChI=1S/C15H24O4S2/c16-14-2-1-12(10-18-14)3-5-20-7-8-21-6-4-13-9-15(17)19-11-13/h12-13H,1-11H2. The molecule has 4 nitrogen and oxygen atoms in total. The van der Waals surface area contributed by atoms with E-state index in [1.807, 2.05) is 23.5 Å². The molecule has 2 heterocycles. The Morgan fingerprint density at radius 2 is 1.48 bits per heavy atom. The molecule has 0 aromatic carbocycles. The Morgan fingerprint density at radius 1 is 0.857 bits per heavy atom. The molecule has 2 rings (SSSR count). The van der Waals surface area contributed by atoms with E-state index in [9.17, 15) is 9.59 Å². The molecule has 0 aromatic heterocycles. The highest BCUT2D eigenvalue weighted by molar-refractivity contribution is 8.02. The fraction of sp³-hybridized carbons (Fsp3) is 0.867. The summed E-state index contributed by atoms with van der Waals surface area (Å²) in [6.07, 6.45) is 4.45. The Balaban J connectivity index is 1.35. The minimum Gasteiger partial charge on any atom is -0.465 e. The van der Waals surface area contributed by atoms with Crippen molar-refractivity contribution in [1.82, 2.24) is 0 Å². The van der Waals surface area contributed by atoms with E-state index in [1.54, 1.807) is 0 Å². The van der Waals surface area contributed by atoms with Gasteiger partial charge in [0.05, 0.1) is 19.6 Å². The maximum atomic E-state index is 10.9. The second-order valence-corrected chi connectivity index (χ2v) is 8.09. The van der Waals surface area contributed by atoms with E-state index in [1.165, 1.54) is 11.5 Å². The molecule has 0 N–H and O–H groups in total. The van der Waals surface area contributed by atoms with Gasteiger partial charge in [-0.2, -0.15) is 23.5 Å². The van der Waals surface area contributed by atoms with Crippen molar-refractivity contribution in [1.29, 1.82) is 0 Å². The molecule has 2 aliphatic heterocycles. The van der Waals surface area contributed by atoms with E-state index in [2.05, 4.69) is 0 Å². The van der Waals surface area contributed by atoms with Crippen molar-refractivity contribution in [3.63, 3.8) is 0 Å². The average Bonchev–Trinajstić information content (AvgIpc) is 2.89. The molecule has 2 aliphatic rings. The summed E-state index contributed by atoms with van der Waals surface area (Å²) in [5, 5.41) is 0. The summed E-state index contributed by atoms with van der Waals surface area (Å²) >= 11 is 3.96. The van der Waals surface area contributed by atoms with E-state index in [0.29, 0.717) is 37.9 Å². The molecule has 0 saturated carbocycles. The molecule has 0 amide bonds. The average molecular weight is 332 g/mol. The Morgan fingerprint density at radius 3 is 2.05 bits per heavy atom. The van der Waals surface area contributed by atoms with Crippen molar-refractivity contribution in [2.24, 2.45) is 11.8 Å². The second kappa shape index (κ2) is 9.62. The summed E-state index contributed by atoms with van der Waals surface area (Å²) in [6.45, 7) is 1.25. The molecular formula is C15H24O4S2. The maximum absolute atomic E-state index is 10.9. The highest BCUT2D eigenvalue weighted by Gasteiger charge is 2.23. The fourth-order valence-corrected chi connectivity index (χ4v) is 4.84. The lowest BCUT2D eigenvalue weighted by Crippen LogP contribution is -2.22. The van der Waals surface area contributed by atoms with Crippen LogP contribution in [-0.2, 0) is 19.1 Å². The van der Waals surface area contributed by atoms with Crippen molar-refractivity contribution < 1.29 is 19.1 Å². The zero-order valence-electron chi connectivity index (χ0n) is 12.4. The van der Waals surface area contributed by atoms with Gasteiger partial charge in [0, 0.05) is 23.8 Å². The van der Waals surface area contributed by atoms with Crippen LogP contribution in [0.15, 0.2) is 0 Å². The zero-order valence-corrected chi connectivity index (χ0v) is 14.0. The summed E-state index contributed by atoms with van der Waals surface area (Å²) in [6, 6.07) is 0. The zero-order chi connectivity index (χ0) is 14.9. The van der Waals surface area contributed by atoms with Crippen LogP contribution in [0.2, 0.25) is 0 Å². The lowest BCUT2D eigenvalue weighted by atomic mass is 9.99. The van der Waals surface area contributed by atoms with Crippen molar-refractivity contribution in [2.45, 2.75) is 32.1 Å². The summed E-state index contributed by atoms with van der Waals surface area (Å²) in [5.41, 5.74) is 0. The van der Waals surface area contributed by atoms with Gasteiger partial charge < -0.3 is 9.47 Å². The molecule has 2 fully saturated rings. The SMILES string of the molecule is O=C1CCC(CCSCCSCCC2COC(=O)C2)CO1. The Bertz CT molecular complexity index is 339. The lowest BCUT2D eigenvalue weighted by molar-refractivity contribution is -0.149. The maximum Gasteiger partial charge on any atom is 0.306 e. The van der Waals surface area contributed by atoms with Crippen LogP contribution < -0.4 is 0 Å². The first kappa shape index (κ1) is 17.0. The number of rotatable bonds is 9. The van der Waals surface area contributed by atoms with E-state index in [-0.39, 0.29) is 11.9 Å². The molecule has 21 heavy (non-hydrogen) atoms. The van der Waals surface area contributed by atoms with Crippen LogP contribution in [0.5, 0.6) is 0 Å².